The lowest BCUT2D eigenvalue weighted by atomic mass is 10.2. The largest absolute Gasteiger partial charge is 0.494 e. The first-order valence-electron chi connectivity index (χ1n) is 10.3. The van der Waals surface area contributed by atoms with Crippen molar-refractivity contribution in [3.05, 3.63) is 54.1 Å². The summed E-state index contributed by atoms with van der Waals surface area (Å²) in [6.07, 6.45) is 0. The van der Waals surface area contributed by atoms with Gasteiger partial charge in [-0.05, 0) is 67.3 Å². The molecule has 0 radical (unpaired) electrons. The van der Waals surface area contributed by atoms with E-state index in [1.54, 1.807) is 36.4 Å². The minimum absolute atomic E-state index is 0.225. The third kappa shape index (κ3) is 6.57. The highest BCUT2D eigenvalue weighted by Crippen LogP contribution is 2.21. The lowest BCUT2D eigenvalue weighted by Crippen LogP contribution is -2.37. The molecule has 1 N–H and O–H groups in total. The minimum Gasteiger partial charge on any atom is -0.494 e. The van der Waals surface area contributed by atoms with Crippen LogP contribution in [0.5, 0.6) is 5.75 Å². The van der Waals surface area contributed by atoms with Crippen molar-refractivity contribution in [2.24, 2.45) is 11.8 Å². The Morgan fingerprint density at radius 1 is 0.933 bits per heavy atom. The van der Waals surface area contributed by atoms with E-state index in [1.165, 1.54) is 16.4 Å². The van der Waals surface area contributed by atoms with Crippen LogP contribution in [0.3, 0.4) is 0 Å². The molecule has 1 amide bonds. The van der Waals surface area contributed by atoms with Gasteiger partial charge in [0.15, 0.2) is 0 Å². The predicted molar refractivity (Wildman–Crippen MR) is 120 cm³/mol. The van der Waals surface area contributed by atoms with Crippen LogP contribution in [0.4, 0.5) is 5.69 Å². The normalized spacial score (nSPS) is 11.9. The molecule has 0 aliphatic heterocycles. The summed E-state index contributed by atoms with van der Waals surface area (Å²) in [6.45, 7) is 11.4. The average molecular weight is 433 g/mol. The molecule has 0 heterocycles. The molecule has 0 saturated carbocycles. The number of rotatable bonds is 10. The van der Waals surface area contributed by atoms with Crippen LogP contribution >= 0.6 is 0 Å². The lowest BCUT2D eigenvalue weighted by molar-refractivity contribution is 0.102. The van der Waals surface area contributed by atoms with Crippen molar-refractivity contribution >= 4 is 21.6 Å². The van der Waals surface area contributed by atoms with Gasteiger partial charge in [0.05, 0.1) is 11.5 Å². The quantitative estimate of drug-likeness (QED) is 0.593. The molecule has 0 aliphatic carbocycles. The molecule has 0 aliphatic rings. The van der Waals surface area contributed by atoms with Gasteiger partial charge in [-0.2, -0.15) is 4.31 Å². The van der Waals surface area contributed by atoms with Crippen molar-refractivity contribution in [2.45, 2.75) is 39.5 Å². The molecular formula is C23H32N2O4S. The molecule has 0 aromatic heterocycles. The zero-order valence-electron chi connectivity index (χ0n) is 18.4. The summed E-state index contributed by atoms with van der Waals surface area (Å²) in [5.74, 6) is 0.892. The van der Waals surface area contributed by atoms with Crippen molar-refractivity contribution in [1.82, 2.24) is 4.31 Å². The first-order valence-corrected chi connectivity index (χ1v) is 11.7. The molecule has 0 saturated heterocycles. The van der Waals surface area contributed by atoms with E-state index in [9.17, 15) is 13.2 Å². The van der Waals surface area contributed by atoms with Crippen LogP contribution in [0.15, 0.2) is 53.4 Å². The molecule has 0 fully saturated rings. The zero-order chi connectivity index (χ0) is 22.3. The Balaban J connectivity index is 2.13. The van der Waals surface area contributed by atoms with Gasteiger partial charge in [-0.15, -0.1) is 0 Å². The zero-order valence-corrected chi connectivity index (χ0v) is 19.2. The summed E-state index contributed by atoms with van der Waals surface area (Å²) in [4.78, 5) is 12.7. The standard InChI is InChI=1S/C23H32N2O4S/c1-6-29-21-11-7-19(8-12-21)23(26)24-20-9-13-22(14-10-20)30(27,28)25(15-17(2)3)16-18(4)5/h7-14,17-18H,6,15-16H2,1-5H3,(H,24,26). The molecule has 0 unspecified atom stereocenters. The Hall–Kier alpha value is -2.38. The molecule has 2 aromatic carbocycles. The topological polar surface area (TPSA) is 75.7 Å². The highest BCUT2D eigenvalue weighted by Gasteiger charge is 2.25. The van der Waals surface area contributed by atoms with Gasteiger partial charge in [-0.3, -0.25) is 4.79 Å². The fourth-order valence-electron chi connectivity index (χ4n) is 3.02. The number of ether oxygens (including phenoxy) is 1. The molecule has 30 heavy (non-hydrogen) atoms. The molecule has 7 heteroatoms. The number of hydrogen-bond donors (Lipinski definition) is 1. The summed E-state index contributed by atoms with van der Waals surface area (Å²) < 4.78 is 33.1. The number of nitrogens with one attached hydrogen (secondary N) is 1. The van der Waals surface area contributed by atoms with Crippen LogP contribution in [-0.4, -0.2) is 38.3 Å². The molecule has 164 valence electrons. The number of anilines is 1. The van der Waals surface area contributed by atoms with Crippen LogP contribution in [0, 0.1) is 11.8 Å². The smallest absolute Gasteiger partial charge is 0.255 e. The third-order valence-electron chi connectivity index (χ3n) is 4.32. The molecule has 0 spiro atoms. The van der Waals surface area contributed by atoms with Gasteiger partial charge in [0.1, 0.15) is 5.75 Å². The summed E-state index contributed by atoms with van der Waals surface area (Å²) in [6, 6.07) is 13.2. The number of hydrogen-bond acceptors (Lipinski definition) is 4. The maximum Gasteiger partial charge on any atom is 0.255 e. The van der Waals surface area contributed by atoms with Crippen molar-refractivity contribution in [1.29, 1.82) is 0 Å². The van der Waals surface area contributed by atoms with E-state index in [0.29, 0.717) is 36.7 Å². The maximum atomic E-state index is 13.1. The second kappa shape index (κ2) is 10.6. The Kier molecular flexibility index (Phi) is 8.43. The first kappa shape index (κ1) is 23.9. The van der Waals surface area contributed by atoms with Gasteiger partial charge in [-0.25, -0.2) is 8.42 Å². The highest BCUT2D eigenvalue weighted by molar-refractivity contribution is 7.89. The molecule has 0 bridgehead atoms. The Morgan fingerprint density at radius 2 is 1.47 bits per heavy atom. The van der Waals surface area contributed by atoms with E-state index >= 15 is 0 Å². The fourth-order valence-corrected chi connectivity index (χ4v) is 4.78. The number of nitrogens with zero attached hydrogens (tertiary/aromatic N) is 1. The second-order valence-electron chi connectivity index (χ2n) is 8.05. The minimum atomic E-state index is -3.59. The molecule has 2 rings (SSSR count). The fraction of sp³-hybridized carbons (Fsp3) is 0.435. The lowest BCUT2D eigenvalue weighted by Gasteiger charge is -2.25. The van der Waals surface area contributed by atoms with Crippen LogP contribution in [0.2, 0.25) is 0 Å². The Labute approximate surface area is 180 Å². The van der Waals surface area contributed by atoms with E-state index in [2.05, 4.69) is 5.32 Å². The van der Waals surface area contributed by atoms with E-state index < -0.39 is 10.0 Å². The van der Waals surface area contributed by atoms with E-state index in [0.717, 1.165) is 0 Å². The van der Waals surface area contributed by atoms with Gasteiger partial charge < -0.3 is 10.1 Å². The maximum absolute atomic E-state index is 13.1. The van der Waals surface area contributed by atoms with Gasteiger partial charge in [0.25, 0.3) is 5.91 Å². The number of benzene rings is 2. The van der Waals surface area contributed by atoms with Gasteiger partial charge >= 0.3 is 0 Å². The first-order chi connectivity index (χ1) is 14.1. The van der Waals surface area contributed by atoms with Crippen molar-refractivity contribution in [2.75, 3.05) is 25.0 Å². The summed E-state index contributed by atoms with van der Waals surface area (Å²) in [5, 5.41) is 2.79. The molecular weight excluding hydrogens is 400 g/mol. The highest BCUT2D eigenvalue weighted by atomic mass is 32.2. The van der Waals surface area contributed by atoms with Crippen LogP contribution in [-0.2, 0) is 10.0 Å². The van der Waals surface area contributed by atoms with Crippen molar-refractivity contribution in [3.63, 3.8) is 0 Å². The number of carbonyl (C=O) groups is 1. The van der Waals surface area contributed by atoms with Crippen molar-refractivity contribution < 1.29 is 17.9 Å². The van der Waals surface area contributed by atoms with E-state index in [-0.39, 0.29) is 22.6 Å². The number of sulfonamides is 1. The Morgan fingerprint density at radius 3 is 1.93 bits per heavy atom. The number of carbonyl (C=O) groups excluding carboxylic acids is 1. The summed E-state index contributed by atoms with van der Waals surface area (Å²) in [7, 11) is -3.59. The summed E-state index contributed by atoms with van der Waals surface area (Å²) >= 11 is 0. The number of amides is 1. The predicted octanol–water partition coefficient (Wildman–Crippen LogP) is 4.64. The summed E-state index contributed by atoms with van der Waals surface area (Å²) in [5.41, 5.74) is 1.03. The van der Waals surface area contributed by atoms with E-state index in [1.807, 2.05) is 34.6 Å². The molecule has 6 nitrogen and oxygen atoms in total. The van der Waals surface area contributed by atoms with Crippen LogP contribution in [0.1, 0.15) is 45.0 Å². The van der Waals surface area contributed by atoms with Gasteiger partial charge in [0.2, 0.25) is 10.0 Å². The van der Waals surface area contributed by atoms with Gasteiger partial charge in [0, 0.05) is 24.3 Å². The van der Waals surface area contributed by atoms with Crippen molar-refractivity contribution in [3.8, 4) is 5.75 Å². The monoisotopic (exact) mass is 432 g/mol. The molecule has 0 atom stereocenters. The van der Waals surface area contributed by atoms with Crippen LogP contribution in [0.25, 0.3) is 0 Å². The van der Waals surface area contributed by atoms with Gasteiger partial charge in [-0.1, -0.05) is 27.7 Å². The second-order valence-corrected chi connectivity index (χ2v) is 9.98. The Bertz CT molecular complexity index is 911. The van der Waals surface area contributed by atoms with Crippen LogP contribution < -0.4 is 10.1 Å². The third-order valence-corrected chi connectivity index (χ3v) is 6.16. The van der Waals surface area contributed by atoms with E-state index in [4.69, 9.17) is 4.74 Å². The average Bonchev–Trinajstić information content (AvgIpc) is 2.68. The molecule has 2 aromatic rings. The SMILES string of the molecule is CCOc1ccc(C(=O)Nc2ccc(S(=O)(=O)N(CC(C)C)CC(C)C)cc2)cc1.